The fourth-order valence-corrected chi connectivity index (χ4v) is 7.18. The van der Waals surface area contributed by atoms with E-state index in [-0.39, 0.29) is 34.4 Å². The van der Waals surface area contributed by atoms with Crippen molar-refractivity contribution in [1.29, 1.82) is 0 Å². The molecule has 6 rings (SSSR count). The van der Waals surface area contributed by atoms with E-state index in [0.717, 1.165) is 41.7 Å². The Labute approximate surface area is 178 Å². The molecule has 1 spiro atoms. The minimum atomic E-state index is -0.857. The van der Waals surface area contributed by atoms with Gasteiger partial charge in [-0.05, 0) is 71.3 Å². The average molecular weight is 407 g/mol. The number of aliphatic hydroxyl groups excluding tert-OH is 1. The van der Waals surface area contributed by atoms with Gasteiger partial charge in [0.1, 0.15) is 5.75 Å². The van der Waals surface area contributed by atoms with E-state index >= 15 is 0 Å². The third-order valence-electron chi connectivity index (χ3n) is 8.81. The zero-order chi connectivity index (χ0) is 21.5. The molecule has 2 unspecified atom stereocenters. The van der Waals surface area contributed by atoms with Crippen molar-refractivity contribution in [3.05, 3.63) is 47.6 Å². The maximum absolute atomic E-state index is 13.6. The fourth-order valence-electron chi connectivity index (χ4n) is 7.18. The van der Waals surface area contributed by atoms with Gasteiger partial charge in [0.2, 0.25) is 11.6 Å². The summed E-state index contributed by atoms with van der Waals surface area (Å²) >= 11 is 0. The minimum Gasteiger partial charge on any atom is -0.497 e. The van der Waals surface area contributed by atoms with Crippen molar-refractivity contribution >= 4 is 17.1 Å². The van der Waals surface area contributed by atoms with Crippen molar-refractivity contribution in [2.24, 2.45) is 28.1 Å². The Kier molecular flexibility index (Phi) is 4.06. The highest BCUT2D eigenvalue weighted by Gasteiger charge is 2.66. The molecule has 0 amide bonds. The van der Waals surface area contributed by atoms with Crippen LogP contribution in [0.2, 0.25) is 0 Å². The molecule has 158 valence electrons. The molecule has 5 atom stereocenters. The van der Waals surface area contributed by atoms with E-state index in [1.165, 1.54) is 0 Å². The predicted octanol–water partition coefficient (Wildman–Crippen LogP) is 4.37. The molecule has 0 radical (unpaired) electrons. The SMILES string of the molecule is COc1ccc(C2=C[C@@H]3C=C4[C@@]2(CCC2C(C)(C)C(O)CC[C@]42C)C(=O)C3=O)cc1. The number of carbonyl (C=O) groups is 2. The number of ether oxygens (including phenoxy) is 1. The molecule has 0 aliphatic heterocycles. The lowest BCUT2D eigenvalue weighted by molar-refractivity contribution is -0.147. The number of carbonyl (C=O) groups excluding carboxylic acids is 2. The molecule has 1 aromatic rings. The van der Waals surface area contributed by atoms with Gasteiger partial charge in [-0.25, -0.2) is 0 Å². The van der Waals surface area contributed by atoms with Gasteiger partial charge in [-0.3, -0.25) is 9.59 Å². The highest BCUT2D eigenvalue weighted by atomic mass is 16.5. The van der Waals surface area contributed by atoms with Gasteiger partial charge in [-0.1, -0.05) is 45.1 Å². The second-order valence-corrected chi connectivity index (χ2v) is 10.4. The van der Waals surface area contributed by atoms with Crippen LogP contribution in [0.25, 0.3) is 5.57 Å². The van der Waals surface area contributed by atoms with Gasteiger partial charge in [-0.15, -0.1) is 0 Å². The number of ketones is 2. The van der Waals surface area contributed by atoms with E-state index in [0.29, 0.717) is 6.42 Å². The molecule has 2 saturated carbocycles. The molecule has 1 N–H and O–H groups in total. The Morgan fingerprint density at radius 2 is 1.70 bits per heavy atom. The van der Waals surface area contributed by atoms with Gasteiger partial charge in [0.15, 0.2) is 0 Å². The quantitative estimate of drug-likeness (QED) is 0.585. The summed E-state index contributed by atoms with van der Waals surface area (Å²) in [5.41, 5.74) is 1.84. The first kappa shape index (κ1) is 19.7. The van der Waals surface area contributed by atoms with Crippen LogP contribution in [-0.2, 0) is 9.59 Å². The largest absolute Gasteiger partial charge is 0.497 e. The number of fused-ring (bicyclic) bond motifs is 2. The summed E-state index contributed by atoms with van der Waals surface area (Å²) in [7, 11) is 1.64. The summed E-state index contributed by atoms with van der Waals surface area (Å²) in [6, 6.07) is 7.83. The van der Waals surface area contributed by atoms with E-state index in [9.17, 15) is 14.7 Å². The van der Waals surface area contributed by atoms with E-state index in [4.69, 9.17) is 4.74 Å². The Hall–Kier alpha value is -2.20. The topological polar surface area (TPSA) is 63.6 Å². The van der Waals surface area contributed by atoms with Crippen LogP contribution in [0.5, 0.6) is 5.75 Å². The lowest BCUT2D eigenvalue weighted by Gasteiger charge is -2.63. The molecule has 4 heteroatoms. The first-order valence-corrected chi connectivity index (χ1v) is 11.0. The van der Waals surface area contributed by atoms with Crippen LogP contribution in [-0.4, -0.2) is 29.9 Å². The van der Waals surface area contributed by atoms with Crippen LogP contribution >= 0.6 is 0 Å². The minimum absolute atomic E-state index is 0.193. The maximum Gasteiger partial charge on any atom is 0.213 e. The summed E-state index contributed by atoms with van der Waals surface area (Å²) in [6.45, 7) is 6.58. The van der Waals surface area contributed by atoms with E-state index in [2.05, 4.69) is 26.8 Å². The van der Waals surface area contributed by atoms with Crippen LogP contribution in [0.15, 0.2) is 42.0 Å². The molecule has 4 nitrogen and oxygen atoms in total. The normalized spacial score (nSPS) is 39.0. The summed E-state index contributed by atoms with van der Waals surface area (Å²) in [5.74, 6) is 0.0757. The van der Waals surface area contributed by atoms with Crippen LogP contribution in [0.1, 0.15) is 52.0 Å². The number of benzene rings is 1. The summed E-state index contributed by atoms with van der Waals surface area (Å²) in [6.07, 6.45) is 6.80. The Morgan fingerprint density at radius 3 is 2.37 bits per heavy atom. The highest BCUT2D eigenvalue weighted by Crippen LogP contribution is 2.69. The summed E-state index contributed by atoms with van der Waals surface area (Å²) in [4.78, 5) is 26.4. The number of hydrogen-bond donors (Lipinski definition) is 1. The second-order valence-electron chi connectivity index (χ2n) is 10.4. The van der Waals surface area contributed by atoms with E-state index in [1.54, 1.807) is 7.11 Å². The predicted molar refractivity (Wildman–Crippen MR) is 115 cm³/mol. The molecule has 0 heterocycles. The Morgan fingerprint density at radius 1 is 1.00 bits per heavy atom. The molecule has 1 aromatic carbocycles. The smallest absolute Gasteiger partial charge is 0.213 e. The Bertz CT molecular complexity index is 998. The lowest BCUT2D eigenvalue weighted by Crippen LogP contribution is -2.61. The Balaban J connectivity index is 1.68. The zero-order valence-electron chi connectivity index (χ0n) is 18.2. The molecule has 5 aliphatic rings. The first-order chi connectivity index (χ1) is 14.2. The van der Waals surface area contributed by atoms with Crippen molar-refractivity contribution < 1.29 is 19.4 Å². The standard InChI is InChI=1S/C26H30O4/c1-24(2)19-9-12-26-18(15-5-7-17(30-4)8-6-15)13-16(22(28)23(26)29)14-20(26)25(19,3)11-10-21(24)27/h5-8,13-14,16,19,21,27H,9-12H2,1-4H3/t16-,19?,21?,25+,26+/m1/s1. The van der Waals surface area contributed by atoms with Crippen LogP contribution in [0, 0.1) is 28.1 Å². The summed E-state index contributed by atoms with van der Waals surface area (Å²) < 4.78 is 5.31. The van der Waals surface area contributed by atoms with Gasteiger partial charge in [0.25, 0.3) is 0 Å². The molecule has 2 bridgehead atoms. The van der Waals surface area contributed by atoms with Crippen molar-refractivity contribution in [1.82, 2.24) is 0 Å². The van der Waals surface area contributed by atoms with Gasteiger partial charge in [-0.2, -0.15) is 0 Å². The lowest BCUT2D eigenvalue weighted by atomic mass is 9.40. The van der Waals surface area contributed by atoms with Gasteiger partial charge in [0, 0.05) is 0 Å². The van der Waals surface area contributed by atoms with Gasteiger partial charge >= 0.3 is 0 Å². The van der Waals surface area contributed by atoms with E-state index < -0.39 is 11.3 Å². The van der Waals surface area contributed by atoms with Crippen molar-refractivity contribution in [2.75, 3.05) is 7.11 Å². The monoisotopic (exact) mass is 406 g/mol. The van der Waals surface area contributed by atoms with Gasteiger partial charge in [0.05, 0.1) is 24.5 Å². The number of hydrogen-bond acceptors (Lipinski definition) is 4. The molecule has 5 aliphatic carbocycles. The third-order valence-corrected chi connectivity index (χ3v) is 8.81. The van der Waals surface area contributed by atoms with Crippen LogP contribution < -0.4 is 4.74 Å². The first-order valence-electron chi connectivity index (χ1n) is 11.0. The van der Waals surface area contributed by atoms with Crippen LogP contribution in [0.3, 0.4) is 0 Å². The van der Waals surface area contributed by atoms with Crippen molar-refractivity contribution in [2.45, 2.75) is 52.6 Å². The molecule has 2 fully saturated rings. The van der Waals surface area contributed by atoms with E-state index in [1.807, 2.05) is 30.3 Å². The second kappa shape index (κ2) is 6.16. The molecular weight excluding hydrogens is 376 g/mol. The van der Waals surface area contributed by atoms with Crippen molar-refractivity contribution in [3.8, 4) is 5.75 Å². The average Bonchev–Trinajstić information content (AvgIpc) is 2.74. The number of Topliss-reactive ketones (excluding diaryl/α,β-unsaturated/α-hetero) is 2. The van der Waals surface area contributed by atoms with Crippen LogP contribution in [0.4, 0.5) is 0 Å². The fraction of sp³-hybridized carbons (Fsp3) is 0.538. The number of methoxy groups -OCH3 is 1. The number of allylic oxidation sites excluding steroid dienone is 4. The molecular formula is C26H30O4. The van der Waals surface area contributed by atoms with Gasteiger partial charge < -0.3 is 9.84 Å². The van der Waals surface area contributed by atoms with Crippen molar-refractivity contribution in [3.63, 3.8) is 0 Å². The molecule has 0 aromatic heterocycles. The number of aliphatic hydroxyl groups is 1. The molecule has 30 heavy (non-hydrogen) atoms. The maximum atomic E-state index is 13.6. The third kappa shape index (κ3) is 2.26. The highest BCUT2D eigenvalue weighted by molar-refractivity contribution is 6.46. The summed E-state index contributed by atoms with van der Waals surface area (Å²) in [5, 5.41) is 10.7. The number of rotatable bonds is 2. The zero-order valence-corrected chi connectivity index (χ0v) is 18.2. The molecule has 0 saturated heterocycles.